The van der Waals surface area contributed by atoms with Gasteiger partial charge in [-0.1, -0.05) is 30.4 Å². The molecule has 0 saturated carbocycles. The number of benzene rings is 1. The summed E-state index contributed by atoms with van der Waals surface area (Å²) >= 11 is 4.98. The molecule has 1 heterocycles. The van der Waals surface area contributed by atoms with Gasteiger partial charge in [-0.2, -0.15) is 0 Å². The highest BCUT2D eigenvalue weighted by Gasteiger charge is 2.27. The van der Waals surface area contributed by atoms with E-state index in [1.807, 2.05) is 42.2 Å². The Morgan fingerprint density at radius 1 is 1.33 bits per heavy atom. The van der Waals surface area contributed by atoms with Gasteiger partial charge in [0.05, 0.1) is 4.99 Å². The van der Waals surface area contributed by atoms with Crippen LogP contribution in [0.2, 0.25) is 0 Å². The molecule has 1 amide bonds. The molecule has 1 fully saturated rings. The summed E-state index contributed by atoms with van der Waals surface area (Å²) < 4.78 is 0. The lowest BCUT2D eigenvalue weighted by atomic mass is 10.2. The molecule has 0 aliphatic carbocycles. The third-order valence-corrected chi connectivity index (χ3v) is 4.13. The fourth-order valence-corrected chi connectivity index (χ4v) is 2.82. The molecule has 0 aromatic heterocycles. The Morgan fingerprint density at radius 3 is 2.52 bits per heavy atom. The van der Waals surface area contributed by atoms with Crippen LogP contribution in [0.1, 0.15) is 26.2 Å². The number of nitrogens with two attached hydrogens (primary N) is 1. The number of carbonyl (C=O) groups is 1. The maximum Gasteiger partial charge on any atom is 0.244 e. The molecule has 1 atom stereocenters. The zero-order valence-electron chi connectivity index (χ0n) is 12.5. The molecule has 4 nitrogen and oxygen atoms in total. The molecule has 114 valence electrons. The lowest BCUT2D eigenvalue weighted by Crippen LogP contribution is -2.47. The fraction of sp³-hybridized carbons (Fsp3) is 0.500. The molecule has 1 saturated heterocycles. The van der Waals surface area contributed by atoms with E-state index in [2.05, 4.69) is 4.90 Å². The zero-order valence-corrected chi connectivity index (χ0v) is 13.3. The van der Waals surface area contributed by atoms with Gasteiger partial charge in [0.15, 0.2) is 0 Å². The van der Waals surface area contributed by atoms with Crippen molar-refractivity contribution in [3.05, 3.63) is 30.3 Å². The molecule has 0 spiro atoms. The molecule has 1 aromatic carbocycles. The summed E-state index contributed by atoms with van der Waals surface area (Å²) in [7, 11) is 0. The first-order chi connectivity index (χ1) is 10.1. The molecule has 0 radical (unpaired) electrons. The largest absolute Gasteiger partial charge is 0.393 e. The van der Waals surface area contributed by atoms with Crippen LogP contribution in [0, 0.1) is 0 Å². The number of likely N-dealkylation sites (tertiary alicyclic amines) is 1. The predicted octanol–water partition coefficient (Wildman–Crippen LogP) is 2.18. The highest BCUT2D eigenvalue weighted by atomic mass is 32.1. The number of hydrogen-bond donors (Lipinski definition) is 1. The molecule has 2 N–H and O–H groups in total. The van der Waals surface area contributed by atoms with Crippen molar-refractivity contribution in [2.75, 3.05) is 24.5 Å². The average molecular weight is 305 g/mol. The number of para-hydroxylation sites is 1. The number of carbonyl (C=O) groups excluding carboxylic acids is 1. The van der Waals surface area contributed by atoms with Crippen LogP contribution in [0.3, 0.4) is 0 Å². The van der Waals surface area contributed by atoms with Crippen molar-refractivity contribution < 1.29 is 4.79 Å². The van der Waals surface area contributed by atoms with Crippen molar-refractivity contribution in [1.82, 2.24) is 4.90 Å². The van der Waals surface area contributed by atoms with Gasteiger partial charge in [-0.25, -0.2) is 0 Å². The van der Waals surface area contributed by atoms with Gasteiger partial charge < -0.3 is 15.5 Å². The van der Waals surface area contributed by atoms with Gasteiger partial charge in [-0.05, 0) is 31.9 Å². The van der Waals surface area contributed by atoms with Crippen molar-refractivity contribution in [3.63, 3.8) is 0 Å². The van der Waals surface area contributed by atoms with Crippen molar-refractivity contribution in [2.45, 2.75) is 32.2 Å². The maximum atomic E-state index is 12.6. The average Bonchev–Trinajstić information content (AvgIpc) is 3.01. The van der Waals surface area contributed by atoms with E-state index in [9.17, 15) is 4.79 Å². The summed E-state index contributed by atoms with van der Waals surface area (Å²) in [5.74, 6) is 0.194. The molecule has 21 heavy (non-hydrogen) atoms. The molecule has 1 aromatic rings. The highest BCUT2D eigenvalue weighted by molar-refractivity contribution is 7.80. The van der Waals surface area contributed by atoms with E-state index in [1.165, 1.54) is 0 Å². The Hall–Kier alpha value is -1.62. The predicted molar refractivity (Wildman–Crippen MR) is 90.5 cm³/mol. The smallest absolute Gasteiger partial charge is 0.244 e. The molecule has 2 rings (SSSR count). The van der Waals surface area contributed by atoms with Gasteiger partial charge in [0.1, 0.15) is 6.04 Å². The number of anilines is 1. The first kappa shape index (κ1) is 15.8. The van der Waals surface area contributed by atoms with E-state index in [0.29, 0.717) is 18.0 Å². The molecule has 1 aliphatic rings. The second-order valence-corrected chi connectivity index (χ2v) is 5.98. The first-order valence-corrected chi connectivity index (χ1v) is 7.89. The van der Waals surface area contributed by atoms with Crippen molar-refractivity contribution >= 4 is 28.8 Å². The Labute approximate surface area is 131 Å². The van der Waals surface area contributed by atoms with Crippen LogP contribution in [0.4, 0.5) is 5.69 Å². The molecule has 1 aliphatic heterocycles. The van der Waals surface area contributed by atoms with Crippen molar-refractivity contribution in [3.8, 4) is 0 Å². The minimum absolute atomic E-state index is 0.194. The molecule has 1 unspecified atom stereocenters. The highest BCUT2D eigenvalue weighted by Crippen LogP contribution is 2.20. The van der Waals surface area contributed by atoms with Crippen LogP contribution < -0.4 is 10.6 Å². The summed E-state index contributed by atoms with van der Waals surface area (Å²) in [4.78, 5) is 17.2. The van der Waals surface area contributed by atoms with E-state index < -0.39 is 0 Å². The lowest BCUT2D eigenvalue weighted by molar-refractivity contribution is -0.131. The second-order valence-electron chi connectivity index (χ2n) is 5.45. The summed E-state index contributed by atoms with van der Waals surface area (Å²) in [6, 6.07) is 9.79. The van der Waals surface area contributed by atoms with Crippen molar-refractivity contribution in [2.24, 2.45) is 5.73 Å². The Kier molecular flexibility index (Phi) is 5.56. The van der Waals surface area contributed by atoms with Crippen LogP contribution >= 0.6 is 12.2 Å². The molecular formula is C16H23N3OS. The lowest BCUT2D eigenvalue weighted by Gasteiger charge is -2.33. The standard InChI is InChI=1S/C16H23N3OS/c1-13(16(20)18-10-5-6-11-18)19(12-9-15(17)21)14-7-3-2-4-8-14/h2-4,7-8,13H,5-6,9-12H2,1H3,(H2,17,21). The minimum Gasteiger partial charge on any atom is -0.393 e. The Morgan fingerprint density at radius 2 is 1.95 bits per heavy atom. The van der Waals surface area contributed by atoms with E-state index in [-0.39, 0.29) is 11.9 Å². The quantitative estimate of drug-likeness (QED) is 0.819. The molecular weight excluding hydrogens is 282 g/mol. The van der Waals surface area contributed by atoms with Crippen LogP contribution in [0.25, 0.3) is 0 Å². The normalized spacial score (nSPS) is 15.8. The van der Waals surface area contributed by atoms with Crippen molar-refractivity contribution in [1.29, 1.82) is 0 Å². The number of amides is 1. The monoisotopic (exact) mass is 305 g/mol. The van der Waals surface area contributed by atoms with Crippen LogP contribution in [0.5, 0.6) is 0 Å². The van der Waals surface area contributed by atoms with Gasteiger partial charge in [-0.3, -0.25) is 4.79 Å². The maximum absolute atomic E-state index is 12.6. The molecule has 0 bridgehead atoms. The van der Waals surface area contributed by atoms with E-state index in [4.69, 9.17) is 18.0 Å². The number of nitrogens with zero attached hydrogens (tertiary/aromatic N) is 2. The summed E-state index contributed by atoms with van der Waals surface area (Å²) in [6.45, 7) is 4.38. The first-order valence-electron chi connectivity index (χ1n) is 7.48. The minimum atomic E-state index is -0.195. The van der Waals surface area contributed by atoms with Gasteiger partial charge in [0.25, 0.3) is 0 Å². The summed E-state index contributed by atoms with van der Waals surface area (Å²) in [5.41, 5.74) is 6.66. The van der Waals surface area contributed by atoms with Gasteiger partial charge >= 0.3 is 0 Å². The van der Waals surface area contributed by atoms with Crippen LogP contribution in [0.15, 0.2) is 30.3 Å². The third-order valence-electron chi connectivity index (χ3n) is 3.93. The van der Waals surface area contributed by atoms with E-state index in [0.717, 1.165) is 31.6 Å². The second kappa shape index (κ2) is 7.41. The third kappa shape index (κ3) is 4.17. The number of thiocarbonyl (C=S) groups is 1. The number of hydrogen-bond acceptors (Lipinski definition) is 3. The zero-order chi connectivity index (χ0) is 15.2. The van der Waals surface area contributed by atoms with Crippen LogP contribution in [-0.4, -0.2) is 41.5 Å². The topological polar surface area (TPSA) is 49.6 Å². The SMILES string of the molecule is CC(C(=O)N1CCCC1)N(CCC(N)=S)c1ccccc1. The summed E-state index contributed by atoms with van der Waals surface area (Å²) in [5, 5.41) is 0. The van der Waals surface area contributed by atoms with E-state index in [1.54, 1.807) is 0 Å². The molecule has 5 heteroatoms. The summed E-state index contributed by atoms with van der Waals surface area (Å²) in [6.07, 6.45) is 2.83. The van der Waals surface area contributed by atoms with Gasteiger partial charge in [0.2, 0.25) is 5.91 Å². The Bertz CT molecular complexity index is 486. The number of rotatable bonds is 6. The van der Waals surface area contributed by atoms with Gasteiger partial charge in [-0.15, -0.1) is 0 Å². The van der Waals surface area contributed by atoms with Crippen LogP contribution in [-0.2, 0) is 4.79 Å². The van der Waals surface area contributed by atoms with Gasteiger partial charge in [0, 0.05) is 31.7 Å². The Balaban J connectivity index is 2.13. The fourth-order valence-electron chi connectivity index (χ4n) is 2.73. The van der Waals surface area contributed by atoms with E-state index >= 15 is 0 Å².